The first-order valence-corrected chi connectivity index (χ1v) is 11.1. The largest absolute Gasteiger partial charge is 0.486 e. The Labute approximate surface area is 172 Å². The van der Waals surface area contributed by atoms with Crippen LogP contribution in [0.15, 0.2) is 46.8 Å². The Kier molecular flexibility index (Phi) is 5.73. The Hall–Kier alpha value is -2.25. The average Bonchev–Trinajstić information content (AvgIpc) is 3.13. The van der Waals surface area contributed by atoms with E-state index in [1.54, 1.807) is 11.3 Å². The van der Waals surface area contributed by atoms with E-state index in [0.717, 1.165) is 31.6 Å². The Morgan fingerprint density at radius 2 is 1.96 bits per heavy atom. The smallest absolute Gasteiger partial charge is 0.230 e. The van der Waals surface area contributed by atoms with Crippen LogP contribution in [0.5, 0.6) is 11.5 Å². The Morgan fingerprint density at radius 1 is 1.18 bits per heavy atom. The standard InChI is InChI=1S/C21H22N2O3S2/c1-13(2)20(14-7-8-16-17(11-14)26-10-9-25-16)23-19(24)12-27-21-22-15-5-3-4-6-18(15)28-21/h3-8,11,13,20H,9-10,12H2,1-2H3,(H,23,24). The predicted octanol–water partition coefficient (Wildman–Crippen LogP) is 4.67. The summed E-state index contributed by atoms with van der Waals surface area (Å²) in [7, 11) is 0. The number of fused-ring (bicyclic) bond motifs is 2. The third kappa shape index (κ3) is 4.25. The predicted molar refractivity (Wildman–Crippen MR) is 113 cm³/mol. The molecule has 1 unspecified atom stereocenters. The molecule has 1 N–H and O–H groups in total. The van der Waals surface area contributed by atoms with E-state index in [9.17, 15) is 4.79 Å². The molecule has 0 spiro atoms. The summed E-state index contributed by atoms with van der Waals surface area (Å²) in [6.07, 6.45) is 0. The summed E-state index contributed by atoms with van der Waals surface area (Å²) in [5.74, 6) is 2.09. The number of hydrogen-bond acceptors (Lipinski definition) is 6. The fraction of sp³-hybridized carbons (Fsp3) is 0.333. The molecule has 0 bridgehead atoms. The molecular weight excluding hydrogens is 392 g/mol. The molecule has 1 aliphatic rings. The maximum absolute atomic E-state index is 12.6. The zero-order valence-corrected chi connectivity index (χ0v) is 17.4. The van der Waals surface area contributed by atoms with E-state index in [-0.39, 0.29) is 17.9 Å². The maximum atomic E-state index is 12.6. The lowest BCUT2D eigenvalue weighted by Crippen LogP contribution is -2.33. The van der Waals surface area contributed by atoms with Gasteiger partial charge in [-0.25, -0.2) is 4.98 Å². The van der Waals surface area contributed by atoms with Gasteiger partial charge in [0.05, 0.1) is 22.0 Å². The van der Waals surface area contributed by atoms with Crippen molar-refractivity contribution in [2.45, 2.75) is 24.2 Å². The Morgan fingerprint density at radius 3 is 2.75 bits per heavy atom. The zero-order chi connectivity index (χ0) is 19.5. The number of carbonyl (C=O) groups excluding carboxylic acids is 1. The van der Waals surface area contributed by atoms with Gasteiger partial charge >= 0.3 is 0 Å². The van der Waals surface area contributed by atoms with Gasteiger partial charge in [-0.3, -0.25) is 4.79 Å². The summed E-state index contributed by atoms with van der Waals surface area (Å²) in [6, 6.07) is 13.8. The SMILES string of the molecule is CC(C)C(NC(=O)CSc1nc2ccccc2s1)c1ccc2c(c1)OCCO2. The molecule has 4 rings (SSSR count). The van der Waals surface area contributed by atoms with Gasteiger partial charge in [0, 0.05) is 0 Å². The van der Waals surface area contributed by atoms with Gasteiger partial charge in [-0.1, -0.05) is 43.8 Å². The van der Waals surface area contributed by atoms with Crippen molar-refractivity contribution in [1.29, 1.82) is 0 Å². The molecular formula is C21H22N2O3S2. The summed E-state index contributed by atoms with van der Waals surface area (Å²) in [4.78, 5) is 17.2. The zero-order valence-electron chi connectivity index (χ0n) is 15.8. The Bertz CT molecular complexity index is 954. The Balaban J connectivity index is 1.42. The van der Waals surface area contributed by atoms with Gasteiger partial charge in [-0.05, 0) is 35.7 Å². The molecule has 3 aromatic rings. The van der Waals surface area contributed by atoms with E-state index >= 15 is 0 Å². The molecule has 0 fully saturated rings. The van der Waals surface area contributed by atoms with Crippen molar-refractivity contribution in [1.82, 2.24) is 10.3 Å². The highest BCUT2D eigenvalue weighted by Crippen LogP contribution is 2.34. The van der Waals surface area contributed by atoms with Crippen LogP contribution in [-0.2, 0) is 4.79 Å². The number of thiazole rings is 1. The molecule has 1 aliphatic heterocycles. The number of thioether (sulfide) groups is 1. The van der Waals surface area contributed by atoms with E-state index in [1.165, 1.54) is 11.8 Å². The molecule has 146 valence electrons. The number of aromatic nitrogens is 1. The molecule has 7 heteroatoms. The highest BCUT2D eigenvalue weighted by Gasteiger charge is 2.21. The molecule has 2 aromatic carbocycles. The van der Waals surface area contributed by atoms with Crippen molar-refractivity contribution in [3.05, 3.63) is 48.0 Å². The fourth-order valence-electron chi connectivity index (χ4n) is 3.14. The van der Waals surface area contributed by atoms with Gasteiger partial charge in [-0.15, -0.1) is 11.3 Å². The number of ether oxygens (including phenoxy) is 2. The second kappa shape index (κ2) is 8.41. The minimum absolute atomic E-state index is 0.00200. The molecule has 0 aliphatic carbocycles. The van der Waals surface area contributed by atoms with Crippen molar-refractivity contribution in [2.24, 2.45) is 5.92 Å². The van der Waals surface area contributed by atoms with Crippen LogP contribution in [0.2, 0.25) is 0 Å². The monoisotopic (exact) mass is 414 g/mol. The first kappa shape index (κ1) is 19.1. The van der Waals surface area contributed by atoms with E-state index in [4.69, 9.17) is 9.47 Å². The number of amides is 1. The van der Waals surface area contributed by atoms with E-state index in [1.807, 2.05) is 42.5 Å². The van der Waals surface area contributed by atoms with E-state index < -0.39 is 0 Å². The topological polar surface area (TPSA) is 60.5 Å². The number of rotatable bonds is 6. The van der Waals surface area contributed by atoms with Crippen LogP contribution < -0.4 is 14.8 Å². The minimum atomic E-state index is -0.0840. The quantitative estimate of drug-likeness (QED) is 0.594. The number of nitrogens with zero attached hydrogens (tertiary/aromatic N) is 1. The summed E-state index contributed by atoms with van der Waals surface area (Å²) in [5, 5.41) is 3.16. The normalized spacial score (nSPS) is 14.2. The van der Waals surface area contributed by atoms with Crippen LogP contribution >= 0.6 is 23.1 Å². The number of benzene rings is 2. The summed E-state index contributed by atoms with van der Waals surface area (Å²) < 4.78 is 13.3. The summed E-state index contributed by atoms with van der Waals surface area (Å²) in [5.41, 5.74) is 2.00. The molecule has 0 radical (unpaired) electrons. The third-order valence-electron chi connectivity index (χ3n) is 4.51. The second-order valence-corrected chi connectivity index (χ2v) is 9.18. The van der Waals surface area contributed by atoms with Crippen LogP contribution in [-0.4, -0.2) is 29.9 Å². The number of carbonyl (C=O) groups is 1. The fourth-order valence-corrected chi connectivity index (χ4v) is 5.02. The lowest BCUT2D eigenvalue weighted by atomic mass is 9.95. The lowest BCUT2D eigenvalue weighted by Gasteiger charge is -2.25. The molecule has 0 saturated carbocycles. The highest BCUT2D eigenvalue weighted by molar-refractivity contribution is 8.01. The van der Waals surface area contributed by atoms with Crippen LogP contribution in [0.25, 0.3) is 10.2 Å². The van der Waals surface area contributed by atoms with Crippen molar-refractivity contribution >= 4 is 39.2 Å². The van der Waals surface area contributed by atoms with Gasteiger partial charge < -0.3 is 14.8 Å². The molecule has 0 saturated heterocycles. The van der Waals surface area contributed by atoms with Gasteiger partial charge in [0.15, 0.2) is 15.8 Å². The molecule has 1 aromatic heterocycles. The first-order chi connectivity index (χ1) is 13.6. The number of nitrogens with one attached hydrogen (secondary N) is 1. The summed E-state index contributed by atoms with van der Waals surface area (Å²) >= 11 is 3.09. The minimum Gasteiger partial charge on any atom is -0.486 e. The van der Waals surface area contributed by atoms with Crippen LogP contribution in [0.1, 0.15) is 25.5 Å². The lowest BCUT2D eigenvalue weighted by molar-refractivity contribution is -0.119. The van der Waals surface area contributed by atoms with Crippen LogP contribution in [0.3, 0.4) is 0 Å². The van der Waals surface area contributed by atoms with Crippen molar-refractivity contribution < 1.29 is 14.3 Å². The van der Waals surface area contributed by atoms with Gasteiger partial charge in [0.2, 0.25) is 5.91 Å². The van der Waals surface area contributed by atoms with Gasteiger partial charge in [-0.2, -0.15) is 0 Å². The average molecular weight is 415 g/mol. The first-order valence-electron chi connectivity index (χ1n) is 9.27. The second-order valence-electron chi connectivity index (χ2n) is 6.93. The highest BCUT2D eigenvalue weighted by atomic mass is 32.2. The number of para-hydroxylation sites is 1. The molecule has 28 heavy (non-hydrogen) atoms. The van der Waals surface area contributed by atoms with Crippen molar-refractivity contribution in [2.75, 3.05) is 19.0 Å². The number of hydrogen-bond donors (Lipinski definition) is 1. The van der Waals surface area contributed by atoms with E-state index in [2.05, 4.69) is 24.1 Å². The molecule has 5 nitrogen and oxygen atoms in total. The third-order valence-corrected chi connectivity index (χ3v) is 6.69. The molecule has 1 atom stereocenters. The van der Waals surface area contributed by atoms with E-state index in [0.29, 0.717) is 19.0 Å². The molecule has 1 amide bonds. The molecule has 2 heterocycles. The summed E-state index contributed by atoms with van der Waals surface area (Å²) in [6.45, 7) is 5.32. The maximum Gasteiger partial charge on any atom is 0.230 e. The van der Waals surface area contributed by atoms with Crippen molar-refractivity contribution in [3.63, 3.8) is 0 Å². The van der Waals surface area contributed by atoms with Crippen LogP contribution in [0, 0.1) is 5.92 Å². The van der Waals surface area contributed by atoms with Crippen LogP contribution in [0.4, 0.5) is 0 Å². The van der Waals surface area contributed by atoms with Gasteiger partial charge in [0.25, 0.3) is 0 Å². The van der Waals surface area contributed by atoms with Crippen molar-refractivity contribution in [3.8, 4) is 11.5 Å². The van der Waals surface area contributed by atoms with Gasteiger partial charge in [0.1, 0.15) is 13.2 Å².